The van der Waals surface area contributed by atoms with Gasteiger partial charge in [0.15, 0.2) is 0 Å². The zero-order chi connectivity index (χ0) is 33.0. The van der Waals surface area contributed by atoms with Crippen LogP contribution in [-0.2, 0) is 0 Å². The van der Waals surface area contributed by atoms with Crippen LogP contribution in [0.2, 0.25) is 0 Å². The molecule has 2 nitrogen and oxygen atoms in total. The molecule has 0 fully saturated rings. The largest absolute Gasteiger partial charge is 0.309 e. The molecule has 0 saturated carbocycles. The molecular formula is C48H32N2. The summed E-state index contributed by atoms with van der Waals surface area (Å²) in [4.78, 5) is 0. The first-order valence-corrected chi connectivity index (χ1v) is 17.2. The minimum Gasteiger partial charge on any atom is -0.309 e. The van der Waals surface area contributed by atoms with Crippen molar-refractivity contribution >= 4 is 43.6 Å². The molecule has 2 aromatic heterocycles. The van der Waals surface area contributed by atoms with E-state index in [2.05, 4.69) is 203 Å². The van der Waals surface area contributed by atoms with Crippen LogP contribution in [0.15, 0.2) is 194 Å². The molecule has 0 saturated heterocycles. The van der Waals surface area contributed by atoms with Crippen LogP contribution >= 0.6 is 0 Å². The highest BCUT2D eigenvalue weighted by Crippen LogP contribution is 2.44. The van der Waals surface area contributed by atoms with E-state index in [-0.39, 0.29) is 0 Å². The highest BCUT2D eigenvalue weighted by atomic mass is 15.0. The van der Waals surface area contributed by atoms with E-state index in [0.717, 1.165) is 5.69 Å². The van der Waals surface area contributed by atoms with Gasteiger partial charge < -0.3 is 9.13 Å². The quantitative estimate of drug-likeness (QED) is 0.178. The fourth-order valence-electron chi connectivity index (χ4n) is 7.98. The molecule has 0 aliphatic rings. The number of aromatic nitrogens is 2. The standard InChI is InChI=1S/C48H32N2/c1-3-16-33(17-4-1)37-25-14-26-38(34-18-5-2-6-19-34)47(37)50-46-31-12-9-24-42(46)43-28-15-27-39(48(43)50)35-20-13-21-36(32-35)49-44-29-10-7-22-40(44)41-23-8-11-30-45(41)49/h1-32H. The van der Waals surface area contributed by atoms with Gasteiger partial charge in [-0.1, -0.05) is 164 Å². The zero-order valence-electron chi connectivity index (χ0n) is 27.4. The number of benzene rings is 8. The van der Waals surface area contributed by atoms with Crippen molar-refractivity contribution in [2.45, 2.75) is 0 Å². The van der Waals surface area contributed by atoms with E-state index in [1.54, 1.807) is 0 Å². The molecule has 10 rings (SSSR count). The van der Waals surface area contributed by atoms with Crippen LogP contribution in [0.1, 0.15) is 0 Å². The first kappa shape index (κ1) is 28.4. The van der Waals surface area contributed by atoms with Gasteiger partial charge >= 0.3 is 0 Å². The lowest BCUT2D eigenvalue weighted by molar-refractivity contribution is 1.17. The number of fused-ring (bicyclic) bond motifs is 6. The smallest absolute Gasteiger partial charge is 0.0619 e. The fourth-order valence-corrected chi connectivity index (χ4v) is 7.98. The van der Waals surface area contributed by atoms with Crippen LogP contribution in [-0.4, -0.2) is 9.13 Å². The second-order valence-corrected chi connectivity index (χ2v) is 12.9. The van der Waals surface area contributed by atoms with Crippen LogP contribution in [0.4, 0.5) is 0 Å². The van der Waals surface area contributed by atoms with E-state index in [1.165, 1.54) is 82.7 Å². The Labute approximate surface area is 290 Å². The Balaban J connectivity index is 1.30. The highest BCUT2D eigenvalue weighted by molar-refractivity contribution is 6.15. The molecule has 0 aliphatic heterocycles. The van der Waals surface area contributed by atoms with Crippen LogP contribution in [0.25, 0.3) is 88.4 Å². The topological polar surface area (TPSA) is 9.86 Å². The third kappa shape index (κ3) is 4.36. The highest BCUT2D eigenvalue weighted by Gasteiger charge is 2.22. The van der Waals surface area contributed by atoms with Crippen molar-refractivity contribution in [2.75, 3.05) is 0 Å². The van der Waals surface area contributed by atoms with E-state index in [0.29, 0.717) is 0 Å². The Kier molecular flexibility index (Phi) is 6.53. The summed E-state index contributed by atoms with van der Waals surface area (Å²) >= 11 is 0. The zero-order valence-corrected chi connectivity index (χ0v) is 27.4. The molecule has 0 atom stereocenters. The van der Waals surface area contributed by atoms with Gasteiger partial charge in [0.2, 0.25) is 0 Å². The van der Waals surface area contributed by atoms with Crippen molar-refractivity contribution in [3.05, 3.63) is 194 Å². The maximum absolute atomic E-state index is 2.53. The van der Waals surface area contributed by atoms with Gasteiger partial charge in [-0.25, -0.2) is 0 Å². The number of nitrogens with zero attached hydrogens (tertiary/aromatic N) is 2. The summed E-state index contributed by atoms with van der Waals surface area (Å²) in [6, 6.07) is 70.4. The third-order valence-corrected chi connectivity index (χ3v) is 10.1. The van der Waals surface area contributed by atoms with Crippen LogP contribution in [0.3, 0.4) is 0 Å². The fraction of sp³-hybridized carbons (Fsp3) is 0. The van der Waals surface area contributed by atoms with Crippen molar-refractivity contribution in [3.8, 4) is 44.8 Å². The molecule has 2 heteroatoms. The lowest BCUT2D eigenvalue weighted by Crippen LogP contribution is -2.02. The molecule has 0 N–H and O–H groups in total. The van der Waals surface area contributed by atoms with E-state index in [1.807, 2.05) is 0 Å². The Hall–Kier alpha value is -6.64. The number of hydrogen-bond donors (Lipinski definition) is 0. The van der Waals surface area contributed by atoms with E-state index in [4.69, 9.17) is 0 Å². The molecule has 0 amide bonds. The Morgan fingerprint density at radius 2 is 0.700 bits per heavy atom. The molecule has 0 radical (unpaired) electrons. The molecule has 2 heterocycles. The summed E-state index contributed by atoms with van der Waals surface area (Å²) in [6.07, 6.45) is 0. The maximum atomic E-state index is 2.53. The summed E-state index contributed by atoms with van der Waals surface area (Å²) in [7, 11) is 0. The summed E-state index contributed by atoms with van der Waals surface area (Å²) in [5.74, 6) is 0. The van der Waals surface area contributed by atoms with E-state index < -0.39 is 0 Å². The maximum Gasteiger partial charge on any atom is 0.0619 e. The van der Waals surface area contributed by atoms with Crippen LogP contribution in [0, 0.1) is 0 Å². The molecule has 0 aliphatic carbocycles. The first-order chi connectivity index (χ1) is 24.8. The lowest BCUT2D eigenvalue weighted by atomic mass is 9.95. The molecule has 0 unspecified atom stereocenters. The minimum atomic E-state index is 1.15. The Morgan fingerprint density at radius 3 is 1.30 bits per heavy atom. The molecule has 234 valence electrons. The predicted octanol–water partition coefficient (Wildman–Crippen LogP) is 12.9. The van der Waals surface area contributed by atoms with E-state index in [9.17, 15) is 0 Å². The van der Waals surface area contributed by atoms with Crippen molar-refractivity contribution in [1.82, 2.24) is 9.13 Å². The Bertz CT molecular complexity index is 2740. The van der Waals surface area contributed by atoms with Gasteiger partial charge in [-0.15, -0.1) is 0 Å². The average Bonchev–Trinajstić information content (AvgIpc) is 3.71. The molecule has 0 spiro atoms. The summed E-state index contributed by atoms with van der Waals surface area (Å²) < 4.78 is 4.93. The minimum absolute atomic E-state index is 1.15. The Morgan fingerprint density at radius 1 is 0.280 bits per heavy atom. The van der Waals surface area contributed by atoms with Gasteiger partial charge in [0.1, 0.15) is 0 Å². The lowest BCUT2D eigenvalue weighted by Gasteiger charge is -2.20. The molecule has 10 aromatic rings. The second kappa shape index (κ2) is 11.5. The van der Waals surface area contributed by atoms with Gasteiger partial charge in [-0.05, 0) is 47.0 Å². The summed E-state index contributed by atoms with van der Waals surface area (Å²) in [6.45, 7) is 0. The number of hydrogen-bond acceptors (Lipinski definition) is 0. The number of rotatable bonds is 5. The van der Waals surface area contributed by atoms with Crippen molar-refractivity contribution in [1.29, 1.82) is 0 Å². The molecular weight excluding hydrogens is 605 g/mol. The summed E-state index contributed by atoms with van der Waals surface area (Å²) in [5, 5.41) is 5.01. The molecule has 0 bridgehead atoms. The molecule has 50 heavy (non-hydrogen) atoms. The van der Waals surface area contributed by atoms with E-state index >= 15 is 0 Å². The van der Waals surface area contributed by atoms with Crippen molar-refractivity contribution in [3.63, 3.8) is 0 Å². The van der Waals surface area contributed by atoms with Gasteiger partial charge in [0.05, 0.1) is 27.8 Å². The normalized spacial score (nSPS) is 11.6. The predicted molar refractivity (Wildman–Crippen MR) is 211 cm³/mol. The average molecular weight is 637 g/mol. The SMILES string of the molecule is c1ccc(-c2cccc(-c3ccccc3)c2-n2c3ccccc3c3cccc(-c4cccc(-n5c6ccccc6c6ccccc65)c4)c32)cc1. The van der Waals surface area contributed by atoms with Crippen molar-refractivity contribution < 1.29 is 0 Å². The van der Waals surface area contributed by atoms with Gasteiger partial charge in [0.25, 0.3) is 0 Å². The first-order valence-electron chi connectivity index (χ1n) is 17.2. The molecule has 8 aromatic carbocycles. The van der Waals surface area contributed by atoms with Crippen LogP contribution < -0.4 is 0 Å². The third-order valence-electron chi connectivity index (χ3n) is 10.1. The van der Waals surface area contributed by atoms with Crippen molar-refractivity contribution in [2.24, 2.45) is 0 Å². The van der Waals surface area contributed by atoms with Gasteiger partial charge in [-0.3, -0.25) is 0 Å². The summed E-state index contributed by atoms with van der Waals surface area (Å²) in [5.41, 5.74) is 14.3. The van der Waals surface area contributed by atoms with Crippen LogP contribution in [0.5, 0.6) is 0 Å². The van der Waals surface area contributed by atoms with Gasteiger partial charge in [-0.2, -0.15) is 0 Å². The monoisotopic (exact) mass is 636 g/mol. The number of para-hydroxylation sites is 5. The van der Waals surface area contributed by atoms with Gasteiger partial charge in [0, 0.05) is 43.9 Å². The second-order valence-electron chi connectivity index (χ2n) is 12.9.